The number of anilines is 1. The van der Waals surface area contributed by atoms with Crippen LogP contribution >= 0.6 is 22.5 Å². The number of rotatable bonds is 7. The number of carbonyl (C=O) groups excluding carboxylic acids is 1. The van der Waals surface area contributed by atoms with Gasteiger partial charge in [0.25, 0.3) is 10.0 Å². The van der Waals surface area contributed by atoms with Gasteiger partial charge in [0.05, 0.1) is 16.6 Å². The van der Waals surface area contributed by atoms with Crippen LogP contribution in [0.3, 0.4) is 0 Å². The Labute approximate surface area is 156 Å². The van der Waals surface area contributed by atoms with Crippen LogP contribution in [-0.4, -0.2) is 19.6 Å². The minimum Gasteiger partial charge on any atom is -0.545 e. The zero-order chi connectivity index (χ0) is 18.6. The van der Waals surface area contributed by atoms with E-state index in [-0.39, 0.29) is 15.7 Å². The molecule has 5 nitrogen and oxygen atoms in total. The summed E-state index contributed by atoms with van der Waals surface area (Å²) in [6, 6.07) is 10.7. The summed E-state index contributed by atoms with van der Waals surface area (Å²) < 4.78 is 27.7. The van der Waals surface area contributed by atoms with E-state index in [2.05, 4.69) is 16.4 Å². The second-order valence-corrected chi connectivity index (χ2v) is 9.03. The van der Waals surface area contributed by atoms with Crippen LogP contribution in [-0.2, 0) is 16.4 Å². The highest BCUT2D eigenvalue weighted by Gasteiger charge is 2.17. The number of aryl methyl sites for hydroxylation is 1. The molecule has 134 valence electrons. The molecule has 0 fully saturated rings. The molecular weight excluding hydrogens is 378 g/mol. The average Bonchev–Trinajstić information content (AvgIpc) is 2.56. The number of benzene rings is 2. The second kappa shape index (κ2) is 8.16. The zero-order valence-corrected chi connectivity index (χ0v) is 16.3. The number of thiol groups is 1. The molecule has 2 aromatic carbocycles. The highest BCUT2D eigenvalue weighted by molar-refractivity contribution is 8.68. The van der Waals surface area contributed by atoms with Gasteiger partial charge in [-0.15, -0.1) is 11.7 Å². The minimum atomic E-state index is -3.77. The Balaban J connectivity index is 2.40. The predicted octanol–water partition coefficient (Wildman–Crippen LogP) is 2.67. The summed E-state index contributed by atoms with van der Waals surface area (Å²) in [6.07, 6.45) is 0.459. The molecule has 0 aliphatic heterocycles. The lowest BCUT2D eigenvalue weighted by Gasteiger charge is -2.16. The van der Waals surface area contributed by atoms with E-state index in [1.54, 1.807) is 12.1 Å². The van der Waals surface area contributed by atoms with Gasteiger partial charge in [0.1, 0.15) is 0 Å². The van der Waals surface area contributed by atoms with Crippen LogP contribution in [0, 0.1) is 6.92 Å². The molecule has 2 rings (SSSR count). The molecule has 1 N–H and O–H groups in total. The van der Waals surface area contributed by atoms with Crippen molar-refractivity contribution in [2.45, 2.75) is 30.4 Å². The van der Waals surface area contributed by atoms with Crippen LogP contribution in [0.25, 0.3) is 0 Å². The number of carboxylic acid groups (broad SMARTS) is 1. The summed E-state index contributed by atoms with van der Waals surface area (Å²) in [6.45, 7) is 3.79. The Hall–Kier alpha value is -1.64. The summed E-state index contributed by atoms with van der Waals surface area (Å²) in [5.74, 6) is -1.31. The molecule has 2 aromatic rings. The van der Waals surface area contributed by atoms with Gasteiger partial charge < -0.3 is 9.90 Å². The number of sulfonamides is 1. The predicted molar refractivity (Wildman–Crippen MR) is 103 cm³/mol. The Bertz CT molecular complexity index is 864. The summed E-state index contributed by atoms with van der Waals surface area (Å²) in [7, 11) is -2.45. The van der Waals surface area contributed by atoms with Crippen molar-refractivity contribution in [3.63, 3.8) is 0 Å². The van der Waals surface area contributed by atoms with Gasteiger partial charge in [-0.1, -0.05) is 41.5 Å². The Morgan fingerprint density at radius 1 is 1.24 bits per heavy atom. The van der Waals surface area contributed by atoms with Crippen LogP contribution in [0.15, 0.2) is 47.4 Å². The molecule has 8 heteroatoms. The van der Waals surface area contributed by atoms with E-state index in [1.165, 1.54) is 41.1 Å². The molecule has 0 saturated heterocycles. The first-order chi connectivity index (χ1) is 11.7. The highest BCUT2D eigenvalue weighted by Crippen LogP contribution is 2.27. The molecule has 0 aliphatic carbocycles. The van der Waals surface area contributed by atoms with E-state index in [1.807, 2.05) is 13.8 Å². The van der Waals surface area contributed by atoms with Crippen molar-refractivity contribution in [1.82, 2.24) is 0 Å². The Kier molecular flexibility index (Phi) is 6.42. The van der Waals surface area contributed by atoms with Gasteiger partial charge in [-0.3, -0.25) is 4.72 Å². The van der Waals surface area contributed by atoms with Crippen molar-refractivity contribution in [1.29, 1.82) is 0 Å². The minimum absolute atomic E-state index is 0.00430. The molecule has 0 bridgehead atoms. The molecule has 0 saturated carbocycles. The van der Waals surface area contributed by atoms with Gasteiger partial charge in [0.2, 0.25) is 0 Å². The first kappa shape index (κ1) is 19.7. The Morgan fingerprint density at radius 2 is 1.88 bits per heavy atom. The fraction of sp³-hybridized carbons (Fsp3) is 0.235. The van der Waals surface area contributed by atoms with E-state index >= 15 is 0 Å². The molecule has 0 aliphatic rings. The largest absolute Gasteiger partial charge is 0.545 e. The fourth-order valence-corrected chi connectivity index (χ4v) is 3.84. The summed E-state index contributed by atoms with van der Waals surface area (Å²) >= 11 is 4.15. The topological polar surface area (TPSA) is 86.3 Å². The highest BCUT2D eigenvalue weighted by atomic mass is 33.1. The normalized spacial score (nSPS) is 12.6. The van der Waals surface area contributed by atoms with Crippen molar-refractivity contribution in [3.8, 4) is 0 Å². The average molecular weight is 397 g/mol. The lowest BCUT2D eigenvalue weighted by atomic mass is 10.0. The zero-order valence-electron chi connectivity index (χ0n) is 13.7. The third-order valence-electron chi connectivity index (χ3n) is 3.60. The van der Waals surface area contributed by atoms with Gasteiger partial charge in [0, 0.05) is 5.25 Å². The third kappa shape index (κ3) is 5.17. The summed E-state index contributed by atoms with van der Waals surface area (Å²) in [4.78, 5) is 11.2. The lowest BCUT2D eigenvalue weighted by Crippen LogP contribution is -2.23. The summed E-state index contributed by atoms with van der Waals surface area (Å²) in [5, 5.41) is 11.2. The molecule has 25 heavy (non-hydrogen) atoms. The molecule has 1 atom stereocenters. The molecule has 0 amide bonds. The van der Waals surface area contributed by atoms with E-state index < -0.39 is 16.0 Å². The van der Waals surface area contributed by atoms with Gasteiger partial charge in [-0.05, 0) is 48.7 Å². The van der Waals surface area contributed by atoms with Crippen LogP contribution in [0.5, 0.6) is 0 Å². The van der Waals surface area contributed by atoms with Crippen molar-refractivity contribution < 1.29 is 18.3 Å². The maximum absolute atomic E-state index is 12.6. The van der Waals surface area contributed by atoms with E-state index in [0.717, 1.165) is 5.56 Å². The molecular formula is C17H18NO4S3-. The third-order valence-corrected chi connectivity index (χ3v) is 6.59. The van der Waals surface area contributed by atoms with Gasteiger partial charge in [-0.2, -0.15) is 0 Å². The second-order valence-electron chi connectivity index (χ2n) is 5.70. The number of hydrogen-bond donors (Lipinski definition) is 2. The SMILES string of the molecule is Cc1ccc(S(=O)(=O)Nc2ccc(C(=O)[O-])cc2CC(C)SS)cc1. The molecule has 0 radical (unpaired) electrons. The van der Waals surface area contributed by atoms with E-state index in [9.17, 15) is 18.3 Å². The monoisotopic (exact) mass is 396 g/mol. The molecule has 0 spiro atoms. The molecule has 1 unspecified atom stereocenters. The first-order valence-electron chi connectivity index (χ1n) is 7.47. The first-order valence-corrected chi connectivity index (χ1v) is 10.9. The number of nitrogens with one attached hydrogen (secondary N) is 1. The number of aromatic carboxylic acids is 1. The Morgan fingerprint density at radius 3 is 2.44 bits per heavy atom. The fourth-order valence-electron chi connectivity index (χ4n) is 2.26. The van der Waals surface area contributed by atoms with Crippen LogP contribution in [0.2, 0.25) is 0 Å². The van der Waals surface area contributed by atoms with Crippen molar-refractivity contribution >= 4 is 44.1 Å². The van der Waals surface area contributed by atoms with Crippen LogP contribution < -0.4 is 9.83 Å². The maximum atomic E-state index is 12.6. The smallest absolute Gasteiger partial charge is 0.261 e. The van der Waals surface area contributed by atoms with E-state index in [0.29, 0.717) is 17.7 Å². The van der Waals surface area contributed by atoms with Crippen molar-refractivity contribution in [2.24, 2.45) is 0 Å². The summed E-state index contributed by atoms with van der Waals surface area (Å²) in [5.41, 5.74) is 1.88. The van der Waals surface area contributed by atoms with Gasteiger partial charge in [-0.25, -0.2) is 8.42 Å². The lowest BCUT2D eigenvalue weighted by molar-refractivity contribution is -0.255. The van der Waals surface area contributed by atoms with Crippen molar-refractivity contribution in [3.05, 3.63) is 59.2 Å². The van der Waals surface area contributed by atoms with Crippen LogP contribution in [0.4, 0.5) is 5.69 Å². The van der Waals surface area contributed by atoms with E-state index in [4.69, 9.17) is 0 Å². The molecule has 0 heterocycles. The maximum Gasteiger partial charge on any atom is 0.261 e. The quantitative estimate of drug-likeness (QED) is 0.555. The van der Waals surface area contributed by atoms with Gasteiger partial charge in [0.15, 0.2) is 0 Å². The number of carbonyl (C=O) groups is 1. The van der Waals surface area contributed by atoms with Gasteiger partial charge >= 0.3 is 0 Å². The molecule has 0 aromatic heterocycles. The number of hydrogen-bond acceptors (Lipinski definition) is 6. The number of carboxylic acids is 1. The van der Waals surface area contributed by atoms with Crippen LogP contribution in [0.1, 0.15) is 28.4 Å². The standard InChI is InChI=1S/C17H19NO4S3/c1-11-3-6-15(7-4-11)25(21,22)18-16-8-5-13(17(19)20)10-14(16)9-12(2)24-23/h3-8,10,12,18,23H,9H2,1-2H3,(H,19,20)/p-1. The van der Waals surface area contributed by atoms with Crippen molar-refractivity contribution in [2.75, 3.05) is 4.72 Å².